The van der Waals surface area contributed by atoms with Gasteiger partial charge >= 0.3 is 0 Å². The molecule has 1 aromatic heterocycles. The third-order valence-corrected chi connectivity index (χ3v) is 4.56. The number of hydrogen-bond donors (Lipinski definition) is 4. The van der Waals surface area contributed by atoms with E-state index < -0.39 is 0 Å². The molecule has 144 valence electrons. The predicted molar refractivity (Wildman–Crippen MR) is 117 cm³/mol. The van der Waals surface area contributed by atoms with Crippen LogP contribution in [-0.4, -0.2) is 16.5 Å². The highest BCUT2D eigenvalue weighted by Crippen LogP contribution is 2.38. The van der Waals surface area contributed by atoms with Crippen LogP contribution in [0.4, 0.5) is 11.4 Å². The van der Waals surface area contributed by atoms with Gasteiger partial charge in [-0.3, -0.25) is 0 Å². The summed E-state index contributed by atoms with van der Waals surface area (Å²) < 4.78 is 1.99. The maximum Gasteiger partial charge on any atom is 0.191 e. The van der Waals surface area contributed by atoms with Crippen LogP contribution >= 0.6 is 23.2 Å². The van der Waals surface area contributed by atoms with Crippen molar-refractivity contribution in [1.29, 1.82) is 0 Å². The summed E-state index contributed by atoms with van der Waals surface area (Å²) in [7, 11) is 1.92. The van der Waals surface area contributed by atoms with Gasteiger partial charge in [0.25, 0.3) is 0 Å². The zero-order valence-electron chi connectivity index (χ0n) is 15.0. The second-order valence-corrected chi connectivity index (χ2v) is 6.93. The van der Waals surface area contributed by atoms with Crippen LogP contribution in [0.3, 0.4) is 0 Å². The highest BCUT2D eigenvalue weighted by Gasteiger charge is 2.15. The number of guanidine groups is 2. The van der Waals surface area contributed by atoms with Crippen LogP contribution in [0.5, 0.6) is 0 Å². The van der Waals surface area contributed by atoms with Crippen molar-refractivity contribution in [2.24, 2.45) is 40.0 Å². The van der Waals surface area contributed by atoms with Gasteiger partial charge in [0.2, 0.25) is 0 Å². The molecule has 2 aromatic carbocycles. The zero-order valence-corrected chi connectivity index (χ0v) is 16.5. The lowest BCUT2D eigenvalue weighted by atomic mass is 10.1. The average molecular weight is 416 g/mol. The largest absolute Gasteiger partial charge is 0.370 e. The molecule has 3 rings (SSSR count). The Morgan fingerprint density at radius 3 is 1.46 bits per heavy atom. The van der Waals surface area contributed by atoms with Gasteiger partial charge in [-0.15, -0.1) is 0 Å². The first kappa shape index (κ1) is 19.6. The third kappa shape index (κ3) is 4.05. The summed E-state index contributed by atoms with van der Waals surface area (Å²) in [5.74, 6) is -0.101. The molecule has 0 atom stereocenters. The van der Waals surface area contributed by atoms with E-state index in [4.69, 9.17) is 46.1 Å². The van der Waals surface area contributed by atoms with Gasteiger partial charge in [0.15, 0.2) is 11.9 Å². The van der Waals surface area contributed by atoms with Crippen LogP contribution in [0.15, 0.2) is 58.5 Å². The molecule has 0 saturated carbocycles. The van der Waals surface area contributed by atoms with Gasteiger partial charge in [-0.05, 0) is 48.5 Å². The monoisotopic (exact) mass is 415 g/mol. The van der Waals surface area contributed by atoms with Gasteiger partial charge < -0.3 is 27.5 Å². The molecular formula is C19H19Cl2N7. The molecule has 0 spiro atoms. The third-order valence-electron chi connectivity index (χ3n) is 4.09. The van der Waals surface area contributed by atoms with Gasteiger partial charge in [-0.25, -0.2) is 9.98 Å². The number of aliphatic imine (C=N–C) groups is 2. The number of rotatable bonds is 4. The minimum atomic E-state index is -0.0503. The molecule has 7 nitrogen and oxygen atoms in total. The fraction of sp³-hybridized carbons (Fsp3) is 0.0526. The molecule has 28 heavy (non-hydrogen) atoms. The minimum absolute atomic E-state index is 0.0503. The molecule has 0 aliphatic heterocycles. The molecule has 8 N–H and O–H groups in total. The van der Waals surface area contributed by atoms with Gasteiger partial charge in [0.1, 0.15) is 0 Å². The predicted octanol–water partition coefficient (Wildman–Crippen LogP) is 3.48. The molecule has 0 radical (unpaired) electrons. The van der Waals surface area contributed by atoms with Crippen LogP contribution in [0.25, 0.3) is 22.5 Å². The Hall–Kier alpha value is -3.16. The zero-order chi connectivity index (χ0) is 20.4. The van der Waals surface area contributed by atoms with E-state index in [-0.39, 0.29) is 11.9 Å². The summed E-state index contributed by atoms with van der Waals surface area (Å²) in [5, 5.41) is 1.07. The van der Waals surface area contributed by atoms with Crippen molar-refractivity contribution in [3.63, 3.8) is 0 Å². The van der Waals surface area contributed by atoms with Crippen LogP contribution in [0.2, 0.25) is 10.0 Å². The Labute approximate surface area is 172 Å². The molecule has 9 heteroatoms. The summed E-state index contributed by atoms with van der Waals surface area (Å²) in [6.45, 7) is 0. The molecule has 0 saturated heterocycles. The maximum atomic E-state index is 6.10. The number of nitrogens with zero attached hydrogens (tertiary/aromatic N) is 3. The highest BCUT2D eigenvalue weighted by molar-refractivity contribution is 6.31. The minimum Gasteiger partial charge on any atom is -0.370 e. The van der Waals surface area contributed by atoms with E-state index in [2.05, 4.69) is 9.98 Å². The van der Waals surface area contributed by atoms with Crippen molar-refractivity contribution in [1.82, 2.24) is 4.57 Å². The quantitative estimate of drug-likeness (QED) is 0.383. The summed E-state index contributed by atoms with van der Waals surface area (Å²) in [6.07, 6.45) is 0. The Bertz CT molecular complexity index is 1010. The second-order valence-electron chi connectivity index (χ2n) is 6.06. The number of benzene rings is 2. The summed E-state index contributed by atoms with van der Waals surface area (Å²) in [5.41, 5.74) is 26.8. The van der Waals surface area contributed by atoms with E-state index in [0.717, 1.165) is 22.5 Å². The SMILES string of the molecule is Cn1c(-c2ccc(Cl)cc2N=C(N)N)ccc1-c1ccc(Cl)cc1N=C(N)N. The van der Waals surface area contributed by atoms with Crippen LogP contribution in [0, 0.1) is 0 Å². The average Bonchev–Trinajstić information content (AvgIpc) is 2.95. The smallest absolute Gasteiger partial charge is 0.191 e. The molecule has 0 fully saturated rings. The lowest BCUT2D eigenvalue weighted by Gasteiger charge is -2.12. The molecule has 0 amide bonds. The van der Waals surface area contributed by atoms with Gasteiger partial charge in [0, 0.05) is 28.2 Å². The van der Waals surface area contributed by atoms with E-state index >= 15 is 0 Å². The fourth-order valence-electron chi connectivity index (χ4n) is 2.96. The van der Waals surface area contributed by atoms with E-state index in [9.17, 15) is 0 Å². The molecule has 1 heterocycles. The first-order valence-corrected chi connectivity index (χ1v) is 8.96. The first-order valence-electron chi connectivity index (χ1n) is 8.21. The van der Waals surface area contributed by atoms with Crippen molar-refractivity contribution >= 4 is 46.5 Å². The van der Waals surface area contributed by atoms with E-state index in [0.29, 0.717) is 21.4 Å². The Balaban J connectivity index is 2.18. The van der Waals surface area contributed by atoms with Crippen LogP contribution < -0.4 is 22.9 Å². The number of aromatic nitrogens is 1. The molecule has 0 aliphatic rings. The number of hydrogen-bond acceptors (Lipinski definition) is 2. The van der Waals surface area contributed by atoms with E-state index in [1.165, 1.54) is 0 Å². The van der Waals surface area contributed by atoms with Crippen molar-refractivity contribution in [2.75, 3.05) is 0 Å². The summed E-state index contributed by atoms with van der Waals surface area (Å²) >= 11 is 12.2. The molecule has 3 aromatic rings. The molecule has 0 aliphatic carbocycles. The number of nitrogens with two attached hydrogens (primary N) is 4. The lowest BCUT2D eigenvalue weighted by molar-refractivity contribution is 0.946. The van der Waals surface area contributed by atoms with Crippen molar-refractivity contribution < 1.29 is 0 Å². The van der Waals surface area contributed by atoms with Gasteiger partial charge in [-0.1, -0.05) is 23.2 Å². The molecular weight excluding hydrogens is 397 g/mol. The Kier molecular flexibility index (Phi) is 5.48. The van der Waals surface area contributed by atoms with E-state index in [1.54, 1.807) is 24.3 Å². The standard InChI is InChI=1S/C19H19Cl2N7/c1-28-16(12-4-2-10(20)8-14(12)26-18(22)23)6-7-17(28)13-5-3-11(21)9-15(13)27-19(24)25/h2-9H,1H3,(H4,22,23,26)(H4,24,25,27). The van der Waals surface area contributed by atoms with Crippen molar-refractivity contribution in [3.8, 4) is 22.5 Å². The molecule has 0 bridgehead atoms. The van der Waals surface area contributed by atoms with Crippen molar-refractivity contribution in [2.45, 2.75) is 0 Å². The molecule has 0 unspecified atom stereocenters. The highest BCUT2D eigenvalue weighted by atomic mass is 35.5. The van der Waals surface area contributed by atoms with E-state index in [1.807, 2.05) is 35.9 Å². The van der Waals surface area contributed by atoms with Gasteiger partial charge in [0.05, 0.1) is 22.8 Å². The normalized spacial score (nSPS) is 10.5. The summed E-state index contributed by atoms with van der Waals surface area (Å²) in [6, 6.07) is 14.6. The first-order chi connectivity index (χ1) is 13.3. The Morgan fingerprint density at radius 2 is 1.11 bits per heavy atom. The summed E-state index contributed by atoms with van der Waals surface area (Å²) in [4.78, 5) is 8.38. The van der Waals surface area contributed by atoms with Crippen LogP contribution in [-0.2, 0) is 7.05 Å². The Morgan fingerprint density at radius 1 is 0.714 bits per heavy atom. The van der Waals surface area contributed by atoms with Gasteiger partial charge in [-0.2, -0.15) is 0 Å². The van der Waals surface area contributed by atoms with Crippen LogP contribution in [0.1, 0.15) is 0 Å². The fourth-order valence-corrected chi connectivity index (χ4v) is 3.29. The topological polar surface area (TPSA) is 134 Å². The maximum absolute atomic E-state index is 6.10. The second kappa shape index (κ2) is 7.84. The van der Waals surface area contributed by atoms with Crippen molar-refractivity contribution in [3.05, 3.63) is 58.6 Å². The number of halogens is 2. The lowest BCUT2D eigenvalue weighted by Crippen LogP contribution is -2.22.